The fourth-order valence-electron chi connectivity index (χ4n) is 1.70. The number of thiophene rings is 1. The van der Waals surface area contributed by atoms with Crippen LogP contribution in [0, 0.1) is 16.7 Å². The van der Waals surface area contributed by atoms with E-state index in [2.05, 4.69) is 28.7 Å². The molecule has 0 unspecified atom stereocenters. The first-order valence-electron chi connectivity index (χ1n) is 4.93. The molecule has 82 valence electrons. The highest BCUT2D eigenvalue weighted by Gasteiger charge is 2.11. The van der Waals surface area contributed by atoms with Gasteiger partial charge in [0.1, 0.15) is 0 Å². The lowest BCUT2D eigenvalue weighted by molar-refractivity contribution is 0.103. The number of halogens is 1. The van der Waals surface area contributed by atoms with Crippen LogP contribution in [0.1, 0.15) is 27.0 Å². The van der Waals surface area contributed by atoms with Gasteiger partial charge in [0.05, 0.1) is 2.88 Å². The highest BCUT2D eigenvalue weighted by molar-refractivity contribution is 14.1. The largest absolute Gasteiger partial charge is 0.289 e. The van der Waals surface area contributed by atoms with Gasteiger partial charge < -0.3 is 0 Å². The van der Waals surface area contributed by atoms with Crippen LogP contribution in [-0.4, -0.2) is 5.78 Å². The van der Waals surface area contributed by atoms with Crippen LogP contribution in [0.3, 0.4) is 0 Å². The second-order valence-corrected chi connectivity index (χ2v) is 6.65. The quantitative estimate of drug-likeness (QED) is 0.591. The molecular formula is C13H11IOS. The molecule has 0 amide bonds. The Morgan fingerprint density at radius 3 is 2.19 bits per heavy atom. The molecule has 2 aromatic rings. The van der Waals surface area contributed by atoms with Crippen molar-refractivity contribution in [3.63, 3.8) is 0 Å². The van der Waals surface area contributed by atoms with Crippen LogP contribution >= 0.6 is 33.9 Å². The standard InChI is InChI=1S/C13H11IOS/c1-8-3-9(2)5-10(4-8)13(15)11-6-12(14)16-7-11/h3-7H,1-2H3. The summed E-state index contributed by atoms with van der Waals surface area (Å²) >= 11 is 3.83. The average molecular weight is 342 g/mol. The second-order valence-electron chi connectivity index (χ2n) is 3.85. The Hall–Kier alpha value is -0.680. The van der Waals surface area contributed by atoms with Gasteiger partial charge >= 0.3 is 0 Å². The van der Waals surface area contributed by atoms with E-state index < -0.39 is 0 Å². The number of hydrogen-bond acceptors (Lipinski definition) is 2. The zero-order valence-corrected chi connectivity index (χ0v) is 12.1. The molecule has 16 heavy (non-hydrogen) atoms. The Balaban J connectivity index is 2.41. The molecule has 0 atom stereocenters. The molecule has 0 radical (unpaired) electrons. The molecule has 2 rings (SSSR count). The Bertz CT molecular complexity index is 522. The highest BCUT2D eigenvalue weighted by atomic mass is 127. The number of benzene rings is 1. The summed E-state index contributed by atoms with van der Waals surface area (Å²) in [6.45, 7) is 4.03. The first-order chi connectivity index (χ1) is 7.56. The van der Waals surface area contributed by atoms with E-state index in [1.807, 2.05) is 37.4 Å². The van der Waals surface area contributed by atoms with Gasteiger partial charge in [-0.1, -0.05) is 17.2 Å². The van der Waals surface area contributed by atoms with Crippen molar-refractivity contribution >= 4 is 39.7 Å². The summed E-state index contributed by atoms with van der Waals surface area (Å²) in [6.07, 6.45) is 0. The molecule has 0 aliphatic heterocycles. The molecule has 0 N–H and O–H groups in total. The number of aryl methyl sites for hydroxylation is 2. The fourth-order valence-corrected chi connectivity index (χ4v) is 3.03. The van der Waals surface area contributed by atoms with Crippen molar-refractivity contribution in [2.75, 3.05) is 0 Å². The molecule has 0 spiro atoms. The average Bonchev–Trinajstić information content (AvgIpc) is 2.62. The molecule has 1 aromatic heterocycles. The third kappa shape index (κ3) is 2.52. The van der Waals surface area contributed by atoms with E-state index in [9.17, 15) is 4.79 Å². The summed E-state index contributed by atoms with van der Waals surface area (Å²) in [4.78, 5) is 12.2. The van der Waals surface area contributed by atoms with Crippen LogP contribution < -0.4 is 0 Å². The molecule has 1 nitrogen and oxygen atoms in total. The van der Waals surface area contributed by atoms with Gasteiger partial charge in [-0.3, -0.25) is 4.79 Å². The Kier molecular flexibility index (Phi) is 3.44. The summed E-state index contributed by atoms with van der Waals surface area (Å²) in [6, 6.07) is 7.90. The topological polar surface area (TPSA) is 17.1 Å². The highest BCUT2D eigenvalue weighted by Crippen LogP contribution is 2.20. The minimum Gasteiger partial charge on any atom is -0.289 e. The lowest BCUT2D eigenvalue weighted by Crippen LogP contribution is -2.00. The monoisotopic (exact) mass is 342 g/mol. The van der Waals surface area contributed by atoms with E-state index >= 15 is 0 Å². The van der Waals surface area contributed by atoms with Gasteiger partial charge in [-0.2, -0.15) is 0 Å². The van der Waals surface area contributed by atoms with E-state index in [-0.39, 0.29) is 5.78 Å². The van der Waals surface area contributed by atoms with Crippen molar-refractivity contribution in [1.82, 2.24) is 0 Å². The predicted molar refractivity (Wildman–Crippen MR) is 76.4 cm³/mol. The maximum atomic E-state index is 12.2. The molecular weight excluding hydrogens is 331 g/mol. The first kappa shape index (κ1) is 11.8. The summed E-state index contributed by atoms with van der Waals surface area (Å²) in [5.41, 5.74) is 3.84. The zero-order chi connectivity index (χ0) is 11.7. The zero-order valence-electron chi connectivity index (χ0n) is 9.08. The van der Waals surface area contributed by atoms with Crippen molar-refractivity contribution in [3.8, 4) is 0 Å². The van der Waals surface area contributed by atoms with Crippen molar-refractivity contribution < 1.29 is 4.79 Å². The van der Waals surface area contributed by atoms with Gasteiger partial charge in [0, 0.05) is 16.5 Å². The maximum absolute atomic E-state index is 12.2. The molecule has 0 aliphatic carbocycles. The van der Waals surface area contributed by atoms with E-state index in [4.69, 9.17) is 0 Å². The van der Waals surface area contributed by atoms with E-state index in [1.54, 1.807) is 11.3 Å². The maximum Gasteiger partial charge on any atom is 0.193 e. The van der Waals surface area contributed by atoms with Gasteiger partial charge in [0.15, 0.2) is 5.78 Å². The molecule has 0 aliphatic rings. The van der Waals surface area contributed by atoms with Gasteiger partial charge in [-0.05, 0) is 54.6 Å². The van der Waals surface area contributed by atoms with Gasteiger partial charge in [-0.15, -0.1) is 11.3 Å². The summed E-state index contributed by atoms with van der Waals surface area (Å²) in [5, 5.41) is 1.92. The van der Waals surface area contributed by atoms with E-state index in [0.29, 0.717) is 0 Å². The molecule has 0 bridgehead atoms. The van der Waals surface area contributed by atoms with Crippen LogP contribution in [0.5, 0.6) is 0 Å². The Labute approximate surface area is 113 Å². The van der Waals surface area contributed by atoms with Crippen LogP contribution in [0.4, 0.5) is 0 Å². The molecule has 0 fully saturated rings. The molecule has 3 heteroatoms. The molecule has 0 saturated heterocycles. The number of hydrogen-bond donors (Lipinski definition) is 0. The second kappa shape index (κ2) is 4.67. The minimum atomic E-state index is 0.117. The van der Waals surface area contributed by atoms with Crippen molar-refractivity contribution in [2.24, 2.45) is 0 Å². The number of rotatable bonds is 2. The Morgan fingerprint density at radius 2 is 1.69 bits per heavy atom. The Morgan fingerprint density at radius 1 is 1.06 bits per heavy atom. The number of carbonyl (C=O) groups is 1. The summed E-state index contributed by atoms with van der Waals surface area (Å²) in [5.74, 6) is 0.117. The molecule has 1 heterocycles. The van der Waals surface area contributed by atoms with Crippen LogP contribution in [0.15, 0.2) is 29.6 Å². The normalized spacial score (nSPS) is 10.4. The van der Waals surface area contributed by atoms with E-state index in [1.165, 1.54) is 0 Å². The van der Waals surface area contributed by atoms with Crippen molar-refractivity contribution in [3.05, 3.63) is 54.8 Å². The third-order valence-corrected chi connectivity index (χ3v) is 4.10. The predicted octanol–water partition coefficient (Wildman–Crippen LogP) is 4.20. The lowest BCUT2D eigenvalue weighted by Gasteiger charge is -2.02. The fraction of sp³-hybridized carbons (Fsp3) is 0.154. The molecule has 0 saturated carbocycles. The smallest absolute Gasteiger partial charge is 0.193 e. The summed E-state index contributed by atoms with van der Waals surface area (Å²) in [7, 11) is 0. The lowest BCUT2D eigenvalue weighted by atomic mass is 10.0. The molecule has 1 aromatic carbocycles. The number of carbonyl (C=O) groups excluding carboxylic acids is 1. The SMILES string of the molecule is Cc1cc(C)cc(C(=O)c2csc(I)c2)c1. The number of ketones is 1. The van der Waals surface area contributed by atoms with Crippen molar-refractivity contribution in [1.29, 1.82) is 0 Å². The summed E-state index contributed by atoms with van der Waals surface area (Å²) < 4.78 is 1.14. The van der Waals surface area contributed by atoms with Gasteiger partial charge in [-0.25, -0.2) is 0 Å². The van der Waals surface area contributed by atoms with Gasteiger partial charge in [0.25, 0.3) is 0 Å². The van der Waals surface area contributed by atoms with Crippen LogP contribution in [0.25, 0.3) is 0 Å². The first-order valence-corrected chi connectivity index (χ1v) is 6.89. The third-order valence-electron chi connectivity index (χ3n) is 2.31. The minimum absolute atomic E-state index is 0.117. The van der Waals surface area contributed by atoms with Crippen molar-refractivity contribution in [2.45, 2.75) is 13.8 Å². The van der Waals surface area contributed by atoms with Gasteiger partial charge in [0.2, 0.25) is 0 Å². The van der Waals surface area contributed by atoms with E-state index in [0.717, 1.165) is 25.1 Å². The van der Waals surface area contributed by atoms with Crippen LogP contribution in [0.2, 0.25) is 0 Å². The van der Waals surface area contributed by atoms with Crippen LogP contribution in [-0.2, 0) is 0 Å².